The van der Waals surface area contributed by atoms with Crippen molar-refractivity contribution in [2.24, 2.45) is 5.92 Å². The van der Waals surface area contributed by atoms with Gasteiger partial charge in [-0.05, 0) is 43.4 Å². The van der Waals surface area contributed by atoms with Crippen molar-refractivity contribution in [3.05, 3.63) is 35.6 Å². The molecule has 2 aliphatic heterocycles. The summed E-state index contributed by atoms with van der Waals surface area (Å²) in [6, 6.07) is 6.15. The molecule has 3 atom stereocenters. The van der Waals surface area contributed by atoms with Crippen molar-refractivity contribution in [2.75, 3.05) is 13.1 Å². The van der Waals surface area contributed by atoms with E-state index in [9.17, 15) is 9.18 Å². The lowest BCUT2D eigenvalue weighted by atomic mass is 9.92. The molecular formula is C16H20FNO2. The van der Waals surface area contributed by atoms with Crippen molar-refractivity contribution < 1.29 is 13.9 Å². The van der Waals surface area contributed by atoms with E-state index in [1.165, 1.54) is 12.1 Å². The van der Waals surface area contributed by atoms with Crippen molar-refractivity contribution in [2.45, 2.75) is 38.4 Å². The summed E-state index contributed by atoms with van der Waals surface area (Å²) in [5.74, 6) is 0.452. The van der Waals surface area contributed by atoms with Gasteiger partial charge < -0.3 is 9.64 Å². The number of ether oxygens (including phenoxy) is 1. The number of halogens is 1. The fourth-order valence-electron chi connectivity index (χ4n) is 3.28. The van der Waals surface area contributed by atoms with Crippen molar-refractivity contribution in [3.63, 3.8) is 0 Å². The minimum absolute atomic E-state index is 0.109. The van der Waals surface area contributed by atoms with Gasteiger partial charge in [-0.25, -0.2) is 4.39 Å². The molecule has 2 saturated heterocycles. The summed E-state index contributed by atoms with van der Waals surface area (Å²) in [7, 11) is 0. The van der Waals surface area contributed by atoms with E-state index in [1.54, 1.807) is 12.1 Å². The molecule has 4 heteroatoms. The molecule has 0 radical (unpaired) electrons. The first-order chi connectivity index (χ1) is 9.61. The van der Waals surface area contributed by atoms with E-state index in [0.29, 0.717) is 25.0 Å². The molecule has 0 spiro atoms. The standard InChI is InChI=1S/C16H20FNO2/c1-11-8-13-6-7-18(10-15(13)20-11)16(19)9-12-2-4-14(17)5-3-12/h2-5,11,13,15H,6-10H2,1H3/t11-,13-,15+/m1/s1. The first kappa shape index (κ1) is 13.6. The van der Waals surface area contributed by atoms with Crippen LogP contribution in [0.2, 0.25) is 0 Å². The van der Waals surface area contributed by atoms with Gasteiger partial charge in [-0.1, -0.05) is 12.1 Å². The number of hydrogen-bond acceptors (Lipinski definition) is 2. The summed E-state index contributed by atoms with van der Waals surface area (Å²) in [6.45, 7) is 3.62. The van der Waals surface area contributed by atoms with E-state index >= 15 is 0 Å². The lowest BCUT2D eigenvalue weighted by Crippen LogP contribution is -2.45. The zero-order chi connectivity index (χ0) is 14.1. The van der Waals surface area contributed by atoms with Crippen LogP contribution in [0, 0.1) is 11.7 Å². The highest BCUT2D eigenvalue weighted by molar-refractivity contribution is 5.78. The molecule has 0 aromatic heterocycles. The molecule has 0 bridgehead atoms. The second-order valence-corrected chi connectivity index (χ2v) is 5.91. The highest BCUT2D eigenvalue weighted by Crippen LogP contribution is 2.33. The fraction of sp³-hybridized carbons (Fsp3) is 0.562. The Balaban J connectivity index is 1.59. The van der Waals surface area contributed by atoms with Gasteiger partial charge in [0.25, 0.3) is 0 Å². The number of nitrogens with zero attached hydrogens (tertiary/aromatic N) is 1. The Morgan fingerprint density at radius 2 is 2.15 bits per heavy atom. The predicted octanol–water partition coefficient (Wildman–Crippen LogP) is 2.39. The number of carbonyl (C=O) groups is 1. The SMILES string of the molecule is C[C@@H]1C[C@H]2CCN(C(=O)Cc3ccc(F)cc3)C[C@@H]2O1. The summed E-state index contributed by atoms with van der Waals surface area (Å²) in [5.41, 5.74) is 0.860. The molecule has 0 aliphatic carbocycles. The van der Waals surface area contributed by atoms with E-state index in [0.717, 1.165) is 24.9 Å². The number of piperidine rings is 1. The fourth-order valence-corrected chi connectivity index (χ4v) is 3.28. The largest absolute Gasteiger partial charge is 0.373 e. The molecule has 3 nitrogen and oxygen atoms in total. The highest BCUT2D eigenvalue weighted by atomic mass is 19.1. The Morgan fingerprint density at radius 3 is 2.90 bits per heavy atom. The summed E-state index contributed by atoms with van der Waals surface area (Å²) in [4.78, 5) is 14.2. The maximum atomic E-state index is 12.9. The van der Waals surface area contributed by atoms with Crippen molar-refractivity contribution in [1.29, 1.82) is 0 Å². The molecular weight excluding hydrogens is 257 g/mol. The van der Waals surface area contributed by atoms with Crippen LogP contribution in [-0.2, 0) is 16.0 Å². The molecule has 1 aromatic rings. The van der Waals surface area contributed by atoms with Gasteiger partial charge in [0.1, 0.15) is 5.82 Å². The highest BCUT2D eigenvalue weighted by Gasteiger charge is 2.38. The number of likely N-dealkylation sites (tertiary alicyclic amines) is 1. The first-order valence-corrected chi connectivity index (χ1v) is 7.29. The number of rotatable bonds is 2. The Morgan fingerprint density at radius 1 is 1.40 bits per heavy atom. The second-order valence-electron chi connectivity index (χ2n) is 5.91. The molecule has 3 rings (SSSR count). The van der Waals surface area contributed by atoms with Gasteiger partial charge in [0.05, 0.1) is 18.6 Å². The monoisotopic (exact) mass is 277 g/mol. The number of hydrogen-bond donors (Lipinski definition) is 0. The summed E-state index contributed by atoms with van der Waals surface area (Å²) < 4.78 is 18.7. The molecule has 20 heavy (non-hydrogen) atoms. The molecule has 108 valence electrons. The second kappa shape index (κ2) is 5.52. The molecule has 2 fully saturated rings. The third kappa shape index (κ3) is 2.85. The number of fused-ring (bicyclic) bond motifs is 1. The maximum absolute atomic E-state index is 12.9. The van der Waals surface area contributed by atoms with Gasteiger partial charge in [-0.15, -0.1) is 0 Å². The van der Waals surface area contributed by atoms with Gasteiger partial charge in [0.2, 0.25) is 5.91 Å². The smallest absolute Gasteiger partial charge is 0.227 e. The molecule has 1 amide bonds. The third-order valence-electron chi connectivity index (χ3n) is 4.36. The average Bonchev–Trinajstić information content (AvgIpc) is 2.80. The van der Waals surface area contributed by atoms with Crippen LogP contribution in [0.15, 0.2) is 24.3 Å². The number of amides is 1. The van der Waals surface area contributed by atoms with Gasteiger partial charge >= 0.3 is 0 Å². The van der Waals surface area contributed by atoms with Gasteiger partial charge in [0, 0.05) is 13.1 Å². The van der Waals surface area contributed by atoms with E-state index in [-0.39, 0.29) is 17.8 Å². The molecule has 2 aliphatic rings. The van der Waals surface area contributed by atoms with Crippen LogP contribution < -0.4 is 0 Å². The van der Waals surface area contributed by atoms with Crippen LogP contribution >= 0.6 is 0 Å². The van der Waals surface area contributed by atoms with E-state index in [4.69, 9.17) is 4.74 Å². The maximum Gasteiger partial charge on any atom is 0.227 e. The van der Waals surface area contributed by atoms with Gasteiger partial charge in [-0.3, -0.25) is 4.79 Å². The zero-order valence-electron chi connectivity index (χ0n) is 11.7. The summed E-state index contributed by atoms with van der Waals surface area (Å²) in [6.07, 6.45) is 3.01. The summed E-state index contributed by atoms with van der Waals surface area (Å²) in [5, 5.41) is 0. The van der Waals surface area contributed by atoms with Crippen LogP contribution in [0.4, 0.5) is 4.39 Å². The number of carbonyl (C=O) groups excluding carboxylic acids is 1. The number of benzene rings is 1. The lowest BCUT2D eigenvalue weighted by Gasteiger charge is -2.34. The zero-order valence-corrected chi connectivity index (χ0v) is 11.7. The van der Waals surface area contributed by atoms with Crippen LogP contribution in [0.1, 0.15) is 25.3 Å². The van der Waals surface area contributed by atoms with Crippen molar-refractivity contribution in [3.8, 4) is 0 Å². The van der Waals surface area contributed by atoms with Gasteiger partial charge in [-0.2, -0.15) is 0 Å². The van der Waals surface area contributed by atoms with Crippen molar-refractivity contribution >= 4 is 5.91 Å². The summed E-state index contributed by atoms with van der Waals surface area (Å²) >= 11 is 0. The minimum atomic E-state index is -0.268. The Labute approximate surface area is 118 Å². The molecule has 0 unspecified atom stereocenters. The topological polar surface area (TPSA) is 29.5 Å². The molecule has 0 N–H and O–H groups in total. The van der Waals surface area contributed by atoms with Gasteiger partial charge in [0.15, 0.2) is 0 Å². The quantitative estimate of drug-likeness (QED) is 0.830. The minimum Gasteiger partial charge on any atom is -0.373 e. The van der Waals surface area contributed by atoms with Crippen LogP contribution in [0.3, 0.4) is 0 Å². The molecule has 1 aromatic carbocycles. The Bertz CT molecular complexity index is 488. The van der Waals surface area contributed by atoms with Crippen molar-refractivity contribution in [1.82, 2.24) is 4.90 Å². The first-order valence-electron chi connectivity index (χ1n) is 7.29. The predicted molar refractivity (Wildman–Crippen MR) is 73.7 cm³/mol. The molecule has 2 heterocycles. The Hall–Kier alpha value is -1.42. The van der Waals surface area contributed by atoms with Crippen LogP contribution in [0.25, 0.3) is 0 Å². The average molecular weight is 277 g/mol. The van der Waals surface area contributed by atoms with E-state index in [2.05, 4.69) is 6.92 Å². The normalized spacial score (nSPS) is 29.3. The third-order valence-corrected chi connectivity index (χ3v) is 4.36. The van der Waals surface area contributed by atoms with E-state index < -0.39 is 0 Å². The van der Waals surface area contributed by atoms with E-state index in [1.807, 2.05) is 4.90 Å². The molecule has 0 saturated carbocycles. The Kier molecular flexibility index (Phi) is 3.74. The van der Waals surface area contributed by atoms with Crippen LogP contribution in [0.5, 0.6) is 0 Å². The van der Waals surface area contributed by atoms with Crippen LogP contribution in [-0.4, -0.2) is 36.1 Å². The lowest BCUT2D eigenvalue weighted by molar-refractivity contribution is -0.134.